The van der Waals surface area contributed by atoms with Crippen molar-refractivity contribution in [2.24, 2.45) is 11.8 Å². The van der Waals surface area contributed by atoms with Crippen LogP contribution in [0.2, 0.25) is 0 Å². The minimum atomic E-state index is 0.448. The van der Waals surface area contributed by atoms with Gasteiger partial charge in [-0.2, -0.15) is 0 Å². The summed E-state index contributed by atoms with van der Waals surface area (Å²) in [4.78, 5) is 14.4. The second kappa shape index (κ2) is 9.79. The smallest absolute Gasteiger partial charge is 0.227 e. The molecule has 0 radical (unpaired) electrons. The van der Waals surface area contributed by atoms with Gasteiger partial charge in [-0.3, -0.25) is 10.7 Å². The summed E-state index contributed by atoms with van der Waals surface area (Å²) < 4.78 is 0. The van der Waals surface area contributed by atoms with Gasteiger partial charge in [0.25, 0.3) is 0 Å². The van der Waals surface area contributed by atoms with E-state index < -0.39 is 0 Å². The molecule has 0 saturated carbocycles. The highest BCUT2D eigenvalue weighted by Gasteiger charge is 2.36. The number of nitrogens with zero attached hydrogens (tertiary/aromatic N) is 4. The Hall–Kier alpha value is -3.62. The van der Waals surface area contributed by atoms with Crippen LogP contribution in [-0.2, 0) is 13.0 Å². The fraction of sp³-hybridized carbons (Fsp3) is 0.357. The molecule has 0 aliphatic carbocycles. The lowest BCUT2D eigenvalue weighted by molar-refractivity contribution is 0.157. The summed E-state index contributed by atoms with van der Waals surface area (Å²) in [6.45, 7) is 14.7. The third-order valence-electron chi connectivity index (χ3n) is 7.41. The van der Waals surface area contributed by atoms with Crippen molar-refractivity contribution >= 4 is 28.7 Å². The van der Waals surface area contributed by atoms with Gasteiger partial charge in [0.1, 0.15) is 0 Å². The molecule has 1 fully saturated rings. The molecule has 5 rings (SSSR count). The van der Waals surface area contributed by atoms with Crippen LogP contribution in [0.15, 0.2) is 49.2 Å². The number of likely N-dealkylation sites (tertiary alicyclic amines) is 1. The molecule has 2 atom stereocenters. The van der Waals surface area contributed by atoms with Crippen LogP contribution in [0.3, 0.4) is 0 Å². The van der Waals surface area contributed by atoms with Crippen LogP contribution in [0.5, 0.6) is 0 Å². The number of aryl methyl sites for hydroxylation is 2. The van der Waals surface area contributed by atoms with Gasteiger partial charge in [-0.1, -0.05) is 25.6 Å². The molecular formula is C28H36N8. The van der Waals surface area contributed by atoms with Gasteiger partial charge in [-0.25, -0.2) is 9.97 Å². The number of anilines is 4. The van der Waals surface area contributed by atoms with E-state index in [1.54, 1.807) is 0 Å². The van der Waals surface area contributed by atoms with Crippen LogP contribution in [0, 0.1) is 19.8 Å². The highest BCUT2D eigenvalue weighted by molar-refractivity contribution is 5.74. The van der Waals surface area contributed by atoms with Crippen LogP contribution in [0.25, 0.3) is 5.70 Å². The number of rotatable bonds is 6. The number of hydrazine groups is 1. The lowest BCUT2D eigenvalue weighted by Gasteiger charge is -2.35. The van der Waals surface area contributed by atoms with E-state index in [0.29, 0.717) is 23.6 Å². The van der Waals surface area contributed by atoms with Crippen molar-refractivity contribution in [3.8, 4) is 0 Å². The van der Waals surface area contributed by atoms with E-state index in [4.69, 9.17) is 16.6 Å². The van der Waals surface area contributed by atoms with Gasteiger partial charge in [0.2, 0.25) is 5.95 Å². The Morgan fingerprint density at radius 3 is 2.64 bits per heavy atom. The Balaban J connectivity index is 1.25. The summed E-state index contributed by atoms with van der Waals surface area (Å²) >= 11 is 0. The second-order valence-corrected chi connectivity index (χ2v) is 10.2. The first kappa shape index (κ1) is 24.1. The van der Waals surface area contributed by atoms with Crippen LogP contribution < -0.4 is 22.3 Å². The maximum absolute atomic E-state index is 5.99. The van der Waals surface area contributed by atoms with E-state index in [1.807, 2.05) is 24.4 Å². The monoisotopic (exact) mass is 484 g/mol. The average Bonchev–Trinajstić information content (AvgIpc) is 3.24. The first-order valence-electron chi connectivity index (χ1n) is 12.5. The Morgan fingerprint density at radius 1 is 1.11 bits per heavy atom. The van der Waals surface area contributed by atoms with Gasteiger partial charge in [0, 0.05) is 61.8 Å². The summed E-state index contributed by atoms with van der Waals surface area (Å²) in [7, 11) is 0. The number of nitrogen functional groups attached to an aromatic ring is 2. The Morgan fingerprint density at radius 2 is 1.89 bits per heavy atom. The molecule has 0 amide bonds. The topological polar surface area (TPSA) is 108 Å². The summed E-state index contributed by atoms with van der Waals surface area (Å²) in [5.74, 6) is 6.81. The van der Waals surface area contributed by atoms with E-state index in [1.165, 1.54) is 16.7 Å². The molecule has 2 aliphatic heterocycles. The van der Waals surface area contributed by atoms with Crippen molar-refractivity contribution < 1.29 is 0 Å². The van der Waals surface area contributed by atoms with Gasteiger partial charge in [0.05, 0.1) is 17.1 Å². The molecule has 1 saturated heterocycles. The van der Waals surface area contributed by atoms with Crippen molar-refractivity contribution in [1.82, 2.24) is 19.8 Å². The first-order chi connectivity index (χ1) is 17.3. The molecule has 2 aliphatic rings. The SMILES string of the molecule is C=C(c1ccc(N)c(NN)c1)N1CC(C)C(N2CCc3nc(Nc4cc(C)cc(C)c4)ncc3C2)C1. The molecule has 2 aromatic carbocycles. The third kappa shape index (κ3) is 4.87. The molecule has 3 aromatic rings. The number of nitrogens with one attached hydrogen (secondary N) is 2. The zero-order chi connectivity index (χ0) is 25.4. The lowest BCUT2D eigenvalue weighted by Crippen LogP contribution is -2.43. The molecule has 0 spiro atoms. The molecule has 2 unspecified atom stereocenters. The predicted octanol–water partition coefficient (Wildman–Crippen LogP) is 4.05. The average molecular weight is 485 g/mol. The van der Waals surface area contributed by atoms with E-state index in [2.05, 4.69) is 71.1 Å². The third-order valence-corrected chi connectivity index (χ3v) is 7.41. The van der Waals surface area contributed by atoms with Crippen LogP contribution >= 0.6 is 0 Å². The molecule has 6 N–H and O–H groups in total. The summed E-state index contributed by atoms with van der Waals surface area (Å²) in [6.07, 6.45) is 2.92. The zero-order valence-electron chi connectivity index (χ0n) is 21.4. The van der Waals surface area contributed by atoms with Crippen LogP contribution in [0.1, 0.15) is 34.9 Å². The van der Waals surface area contributed by atoms with Gasteiger partial charge in [-0.15, -0.1) is 0 Å². The predicted molar refractivity (Wildman–Crippen MR) is 148 cm³/mol. The van der Waals surface area contributed by atoms with Crippen molar-refractivity contribution in [2.75, 3.05) is 36.1 Å². The van der Waals surface area contributed by atoms with E-state index in [9.17, 15) is 0 Å². The Bertz CT molecular complexity index is 1270. The largest absolute Gasteiger partial charge is 0.397 e. The van der Waals surface area contributed by atoms with Crippen LogP contribution in [0.4, 0.5) is 23.0 Å². The lowest BCUT2D eigenvalue weighted by atomic mass is 10.00. The second-order valence-electron chi connectivity index (χ2n) is 10.2. The number of nitrogens with two attached hydrogens (primary N) is 2. The fourth-order valence-corrected chi connectivity index (χ4v) is 5.55. The highest BCUT2D eigenvalue weighted by Crippen LogP contribution is 2.33. The minimum absolute atomic E-state index is 0.448. The van der Waals surface area contributed by atoms with Gasteiger partial charge in [0.15, 0.2) is 0 Å². The molecule has 3 heterocycles. The minimum Gasteiger partial charge on any atom is -0.397 e. The number of aromatic nitrogens is 2. The Kier molecular flexibility index (Phi) is 6.55. The summed E-state index contributed by atoms with van der Waals surface area (Å²) in [5, 5.41) is 3.38. The normalized spacial score (nSPS) is 19.7. The molecule has 0 bridgehead atoms. The van der Waals surface area contributed by atoms with Crippen molar-refractivity contribution in [3.63, 3.8) is 0 Å². The zero-order valence-corrected chi connectivity index (χ0v) is 21.4. The van der Waals surface area contributed by atoms with Gasteiger partial charge < -0.3 is 21.4 Å². The van der Waals surface area contributed by atoms with Gasteiger partial charge >= 0.3 is 0 Å². The highest BCUT2D eigenvalue weighted by atomic mass is 15.3. The fourth-order valence-electron chi connectivity index (χ4n) is 5.55. The quantitative estimate of drug-likeness (QED) is 0.236. The number of benzene rings is 2. The van der Waals surface area contributed by atoms with Crippen molar-refractivity contribution in [3.05, 3.63) is 77.1 Å². The number of hydrogen-bond acceptors (Lipinski definition) is 8. The number of fused-ring (bicyclic) bond motifs is 1. The Labute approximate surface area is 213 Å². The maximum Gasteiger partial charge on any atom is 0.227 e. The van der Waals surface area contributed by atoms with E-state index in [0.717, 1.165) is 60.9 Å². The van der Waals surface area contributed by atoms with Crippen LogP contribution in [-0.4, -0.2) is 45.4 Å². The molecule has 8 heteroatoms. The first-order valence-corrected chi connectivity index (χ1v) is 12.5. The molecular weight excluding hydrogens is 448 g/mol. The van der Waals surface area contributed by atoms with E-state index >= 15 is 0 Å². The maximum atomic E-state index is 5.99. The van der Waals surface area contributed by atoms with Gasteiger partial charge in [-0.05, 0) is 60.7 Å². The summed E-state index contributed by atoms with van der Waals surface area (Å²) in [5.41, 5.74) is 17.9. The number of hydrogen-bond donors (Lipinski definition) is 4. The molecule has 8 nitrogen and oxygen atoms in total. The molecule has 36 heavy (non-hydrogen) atoms. The van der Waals surface area contributed by atoms with Crippen molar-refractivity contribution in [2.45, 2.75) is 39.8 Å². The summed E-state index contributed by atoms with van der Waals surface area (Å²) in [6, 6.07) is 12.7. The standard InChI is InChI=1S/C28H36N8/c1-17-9-18(2)11-23(10-17)32-28-31-13-22-15-35(8-7-25(22)33-28)27-16-36(14-19(27)3)20(4)21-5-6-24(29)26(12-21)34-30/h5-6,9-13,19,27,34H,4,7-8,14-16,29-30H2,1-3H3,(H,31,32,33). The molecule has 1 aromatic heterocycles. The van der Waals surface area contributed by atoms with Crippen molar-refractivity contribution in [1.29, 1.82) is 0 Å². The molecule has 188 valence electrons. The van der Waals surface area contributed by atoms with E-state index in [-0.39, 0.29) is 0 Å².